The van der Waals surface area contributed by atoms with Crippen LogP contribution in [0.1, 0.15) is 18.4 Å². The van der Waals surface area contributed by atoms with E-state index in [1.54, 1.807) is 13.0 Å². The minimum absolute atomic E-state index is 0.309. The Bertz CT molecular complexity index is 310. The van der Waals surface area contributed by atoms with Crippen molar-refractivity contribution in [2.45, 2.75) is 12.8 Å². The number of carbonyl (C=O) groups is 1. The Hall–Kier alpha value is -1.62. The van der Waals surface area contributed by atoms with Crippen LogP contribution in [-0.4, -0.2) is 5.78 Å². The van der Waals surface area contributed by atoms with Gasteiger partial charge in [0.05, 0.1) is 5.92 Å². The monoisotopic (exact) mass is 159 g/mol. The molecule has 0 radical (unpaired) electrons. The molecule has 0 spiro atoms. The van der Waals surface area contributed by atoms with Gasteiger partial charge in [0.25, 0.3) is 0 Å². The fourth-order valence-corrected chi connectivity index (χ4v) is 0.990. The summed E-state index contributed by atoms with van der Waals surface area (Å²) < 4.78 is 0. The van der Waals surface area contributed by atoms with Gasteiger partial charge in [0.2, 0.25) is 5.78 Å². The van der Waals surface area contributed by atoms with Crippen molar-refractivity contribution in [3.05, 3.63) is 35.9 Å². The first-order valence-electron chi connectivity index (χ1n) is 3.74. The molecule has 0 bridgehead atoms. The second-order valence-electron chi connectivity index (χ2n) is 2.61. The molecular weight excluding hydrogens is 150 g/mol. The standard InChI is InChI=1S/C10H9NO/c1-8(10(12)7-11)9-5-3-2-4-6-9/h2-6,8H,1H3. The van der Waals surface area contributed by atoms with E-state index >= 15 is 0 Å². The SMILES string of the molecule is CC(C(=O)C#N)c1ccccc1. The molecule has 1 rings (SSSR count). The fraction of sp³-hybridized carbons (Fsp3) is 0.200. The molecule has 12 heavy (non-hydrogen) atoms. The summed E-state index contributed by atoms with van der Waals surface area (Å²) in [5.41, 5.74) is 0.893. The van der Waals surface area contributed by atoms with Crippen LogP contribution in [0.3, 0.4) is 0 Å². The maximum atomic E-state index is 11.0. The Morgan fingerprint density at radius 2 is 2.00 bits per heavy atom. The van der Waals surface area contributed by atoms with Crippen molar-refractivity contribution in [3.8, 4) is 6.07 Å². The summed E-state index contributed by atoms with van der Waals surface area (Å²) >= 11 is 0. The van der Waals surface area contributed by atoms with Crippen LogP contribution in [0.2, 0.25) is 0 Å². The van der Waals surface area contributed by atoms with Crippen LogP contribution in [-0.2, 0) is 4.79 Å². The molecular formula is C10H9NO. The molecule has 0 saturated carbocycles. The van der Waals surface area contributed by atoms with Crippen LogP contribution in [0, 0.1) is 11.3 Å². The van der Waals surface area contributed by atoms with Gasteiger partial charge in [0.15, 0.2) is 0 Å². The Morgan fingerprint density at radius 1 is 1.42 bits per heavy atom. The van der Waals surface area contributed by atoms with Crippen LogP contribution in [0.25, 0.3) is 0 Å². The van der Waals surface area contributed by atoms with Crippen LogP contribution in [0.5, 0.6) is 0 Å². The predicted molar refractivity (Wildman–Crippen MR) is 45.5 cm³/mol. The zero-order valence-corrected chi connectivity index (χ0v) is 6.82. The molecule has 2 heteroatoms. The van der Waals surface area contributed by atoms with Crippen molar-refractivity contribution in [1.82, 2.24) is 0 Å². The normalized spacial score (nSPS) is 11.7. The van der Waals surface area contributed by atoms with Crippen molar-refractivity contribution >= 4 is 5.78 Å². The molecule has 0 aromatic heterocycles. The number of nitrogens with zero attached hydrogens (tertiary/aromatic N) is 1. The number of rotatable bonds is 2. The highest BCUT2D eigenvalue weighted by molar-refractivity contribution is 5.98. The molecule has 1 aromatic rings. The van der Waals surface area contributed by atoms with Crippen molar-refractivity contribution in [2.24, 2.45) is 0 Å². The highest BCUT2D eigenvalue weighted by Gasteiger charge is 2.12. The fourth-order valence-electron chi connectivity index (χ4n) is 0.990. The molecule has 0 fully saturated rings. The predicted octanol–water partition coefficient (Wildman–Crippen LogP) is 1.88. The maximum Gasteiger partial charge on any atom is 0.239 e. The third-order valence-corrected chi connectivity index (χ3v) is 1.80. The summed E-state index contributed by atoms with van der Waals surface area (Å²) in [6.07, 6.45) is 0. The molecule has 0 amide bonds. The van der Waals surface area contributed by atoms with Crippen molar-refractivity contribution < 1.29 is 4.79 Å². The molecule has 0 heterocycles. The minimum atomic E-state index is -0.388. The van der Waals surface area contributed by atoms with Crippen LogP contribution in [0.15, 0.2) is 30.3 Å². The summed E-state index contributed by atoms with van der Waals surface area (Å²) in [6, 6.07) is 10.9. The van der Waals surface area contributed by atoms with Gasteiger partial charge in [0, 0.05) is 0 Å². The van der Waals surface area contributed by atoms with Gasteiger partial charge in [-0.15, -0.1) is 0 Å². The summed E-state index contributed by atoms with van der Waals surface area (Å²) in [7, 11) is 0. The lowest BCUT2D eigenvalue weighted by Gasteiger charge is -2.04. The molecule has 0 N–H and O–H groups in total. The minimum Gasteiger partial charge on any atom is -0.282 e. The van der Waals surface area contributed by atoms with Gasteiger partial charge in [-0.25, -0.2) is 0 Å². The molecule has 1 unspecified atom stereocenters. The first kappa shape index (κ1) is 8.48. The molecule has 0 aliphatic rings. The van der Waals surface area contributed by atoms with Gasteiger partial charge in [-0.3, -0.25) is 4.79 Å². The molecule has 0 aliphatic carbocycles. The first-order chi connectivity index (χ1) is 5.75. The topological polar surface area (TPSA) is 40.9 Å². The third kappa shape index (κ3) is 1.70. The second-order valence-corrected chi connectivity index (χ2v) is 2.61. The number of benzene rings is 1. The Morgan fingerprint density at radius 3 is 2.50 bits per heavy atom. The molecule has 2 nitrogen and oxygen atoms in total. The smallest absolute Gasteiger partial charge is 0.239 e. The maximum absolute atomic E-state index is 11.0. The van der Waals surface area contributed by atoms with E-state index in [1.807, 2.05) is 30.3 Å². The van der Waals surface area contributed by atoms with E-state index in [9.17, 15) is 4.79 Å². The third-order valence-electron chi connectivity index (χ3n) is 1.80. The number of nitriles is 1. The summed E-state index contributed by atoms with van der Waals surface area (Å²) in [6.45, 7) is 1.74. The van der Waals surface area contributed by atoms with E-state index < -0.39 is 0 Å². The van der Waals surface area contributed by atoms with Gasteiger partial charge < -0.3 is 0 Å². The van der Waals surface area contributed by atoms with Gasteiger partial charge in [-0.05, 0) is 5.56 Å². The molecule has 0 saturated heterocycles. The quantitative estimate of drug-likeness (QED) is 0.618. The number of ketones is 1. The van der Waals surface area contributed by atoms with Gasteiger partial charge in [0.1, 0.15) is 6.07 Å². The van der Waals surface area contributed by atoms with E-state index in [1.165, 1.54) is 0 Å². The largest absolute Gasteiger partial charge is 0.282 e. The van der Waals surface area contributed by atoms with E-state index in [0.29, 0.717) is 0 Å². The van der Waals surface area contributed by atoms with E-state index in [4.69, 9.17) is 5.26 Å². The average Bonchev–Trinajstić information content (AvgIpc) is 2.17. The van der Waals surface area contributed by atoms with E-state index in [2.05, 4.69) is 0 Å². The molecule has 1 atom stereocenters. The lowest BCUT2D eigenvalue weighted by atomic mass is 9.98. The lowest BCUT2D eigenvalue weighted by molar-refractivity contribution is -0.115. The van der Waals surface area contributed by atoms with Crippen molar-refractivity contribution in [2.75, 3.05) is 0 Å². The zero-order valence-electron chi connectivity index (χ0n) is 6.82. The van der Waals surface area contributed by atoms with Crippen molar-refractivity contribution in [3.63, 3.8) is 0 Å². The summed E-state index contributed by atoms with van der Waals surface area (Å²) in [5.74, 6) is -0.697. The Kier molecular flexibility index (Phi) is 2.60. The summed E-state index contributed by atoms with van der Waals surface area (Å²) in [4.78, 5) is 11.0. The molecule has 0 aliphatic heterocycles. The highest BCUT2D eigenvalue weighted by Crippen LogP contribution is 2.14. The number of hydrogen-bond acceptors (Lipinski definition) is 2. The zero-order chi connectivity index (χ0) is 8.97. The van der Waals surface area contributed by atoms with E-state index in [0.717, 1.165) is 5.56 Å². The van der Waals surface area contributed by atoms with Crippen molar-refractivity contribution in [1.29, 1.82) is 5.26 Å². The Balaban J connectivity index is 2.87. The number of carbonyl (C=O) groups excluding carboxylic acids is 1. The van der Waals surface area contributed by atoms with Gasteiger partial charge in [-0.2, -0.15) is 5.26 Å². The number of hydrogen-bond donors (Lipinski definition) is 0. The highest BCUT2D eigenvalue weighted by atomic mass is 16.1. The molecule has 1 aromatic carbocycles. The number of Topliss-reactive ketones (excluding diaryl/α,β-unsaturated/α-hetero) is 1. The summed E-state index contributed by atoms with van der Waals surface area (Å²) in [5, 5.41) is 8.37. The van der Waals surface area contributed by atoms with Crippen LogP contribution in [0.4, 0.5) is 0 Å². The van der Waals surface area contributed by atoms with Gasteiger partial charge >= 0.3 is 0 Å². The van der Waals surface area contributed by atoms with E-state index in [-0.39, 0.29) is 11.7 Å². The lowest BCUT2D eigenvalue weighted by Crippen LogP contribution is -2.05. The second kappa shape index (κ2) is 3.68. The average molecular weight is 159 g/mol. The molecule has 60 valence electrons. The van der Waals surface area contributed by atoms with Crippen LogP contribution < -0.4 is 0 Å². The van der Waals surface area contributed by atoms with Gasteiger partial charge in [-0.1, -0.05) is 37.3 Å². The van der Waals surface area contributed by atoms with Crippen LogP contribution >= 0.6 is 0 Å². The first-order valence-corrected chi connectivity index (χ1v) is 3.74. The Labute approximate surface area is 71.4 Å².